The highest BCUT2D eigenvalue weighted by molar-refractivity contribution is 6.11. The summed E-state index contributed by atoms with van der Waals surface area (Å²) in [6, 6.07) is 5.00. The summed E-state index contributed by atoms with van der Waals surface area (Å²) in [5.74, 6) is -4.01. The van der Waals surface area contributed by atoms with Gasteiger partial charge in [0.2, 0.25) is 5.78 Å². The van der Waals surface area contributed by atoms with Crippen LogP contribution < -0.4 is 10.5 Å². The van der Waals surface area contributed by atoms with Crippen molar-refractivity contribution in [3.63, 3.8) is 0 Å². The molecule has 0 heterocycles. The maximum Gasteiger partial charge on any atom is 0.202 e. The molecule has 0 fully saturated rings. The normalized spacial score (nSPS) is 10.4. The molecule has 0 amide bonds. The lowest BCUT2D eigenvalue weighted by atomic mass is 10.0. The Morgan fingerprint density at radius 1 is 1.15 bits per heavy atom. The Hall–Kier alpha value is -2.50. The molecule has 20 heavy (non-hydrogen) atoms. The van der Waals surface area contributed by atoms with Gasteiger partial charge in [0.15, 0.2) is 5.82 Å². The van der Waals surface area contributed by atoms with Crippen LogP contribution in [0.2, 0.25) is 0 Å². The van der Waals surface area contributed by atoms with Crippen LogP contribution in [0.5, 0.6) is 5.75 Å². The third-order valence-corrected chi connectivity index (χ3v) is 2.75. The van der Waals surface area contributed by atoms with Crippen LogP contribution in [0, 0.1) is 17.5 Å². The maximum atomic E-state index is 13.8. The van der Waals surface area contributed by atoms with Crippen molar-refractivity contribution < 1.29 is 22.7 Å². The summed E-state index contributed by atoms with van der Waals surface area (Å²) >= 11 is 0. The summed E-state index contributed by atoms with van der Waals surface area (Å²) in [6.07, 6.45) is 0. The van der Waals surface area contributed by atoms with Crippen LogP contribution in [0.1, 0.15) is 15.9 Å². The molecule has 0 saturated carbocycles. The van der Waals surface area contributed by atoms with E-state index in [2.05, 4.69) is 0 Å². The number of nitrogens with two attached hydrogens (primary N) is 1. The van der Waals surface area contributed by atoms with Crippen LogP contribution in [-0.2, 0) is 0 Å². The van der Waals surface area contributed by atoms with Gasteiger partial charge in [-0.15, -0.1) is 0 Å². The van der Waals surface area contributed by atoms with Gasteiger partial charge in [0.1, 0.15) is 17.4 Å². The number of hydrogen-bond donors (Lipinski definition) is 1. The highest BCUT2D eigenvalue weighted by Gasteiger charge is 2.24. The number of methoxy groups -OCH3 is 1. The number of hydrogen-bond acceptors (Lipinski definition) is 3. The topological polar surface area (TPSA) is 52.3 Å². The van der Waals surface area contributed by atoms with E-state index in [1.165, 1.54) is 13.2 Å². The molecular formula is C14H10F3NO2. The van der Waals surface area contributed by atoms with Crippen LogP contribution in [0.25, 0.3) is 0 Å². The summed E-state index contributed by atoms with van der Waals surface area (Å²) < 4.78 is 45.6. The van der Waals surface area contributed by atoms with E-state index in [0.29, 0.717) is 0 Å². The van der Waals surface area contributed by atoms with Crippen LogP contribution in [0.3, 0.4) is 0 Å². The monoisotopic (exact) mass is 281 g/mol. The van der Waals surface area contributed by atoms with Gasteiger partial charge in [0, 0.05) is 0 Å². The smallest absolute Gasteiger partial charge is 0.202 e. The van der Waals surface area contributed by atoms with Gasteiger partial charge in [-0.2, -0.15) is 0 Å². The minimum Gasteiger partial charge on any atom is -0.496 e. The third-order valence-electron chi connectivity index (χ3n) is 2.75. The number of rotatable bonds is 3. The Bertz CT molecular complexity index is 686. The molecule has 104 valence electrons. The molecule has 6 heteroatoms. The third kappa shape index (κ3) is 2.32. The van der Waals surface area contributed by atoms with Gasteiger partial charge < -0.3 is 10.5 Å². The Morgan fingerprint density at radius 2 is 1.85 bits per heavy atom. The second kappa shape index (κ2) is 5.24. The number of ether oxygens (including phenoxy) is 1. The highest BCUT2D eigenvalue weighted by Crippen LogP contribution is 2.27. The molecule has 0 aliphatic carbocycles. The number of nitrogen functional groups attached to an aromatic ring is 1. The molecule has 0 bridgehead atoms. The van der Waals surface area contributed by atoms with Crippen molar-refractivity contribution in [1.82, 2.24) is 0 Å². The fourth-order valence-corrected chi connectivity index (χ4v) is 1.77. The highest BCUT2D eigenvalue weighted by atomic mass is 19.1. The average molecular weight is 281 g/mol. The second-order valence-corrected chi connectivity index (χ2v) is 4.00. The zero-order valence-corrected chi connectivity index (χ0v) is 10.4. The van der Waals surface area contributed by atoms with Crippen LogP contribution in [0.15, 0.2) is 30.3 Å². The Balaban J connectivity index is 2.63. The first-order chi connectivity index (χ1) is 9.45. The molecule has 0 aliphatic rings. The minimum atomic E-state index is -1.18. The standard InChI is InChI=1S/C14H10F3NO2/c1-20-11-5-2-7(15)6-8(11)14(19)12-9(16)3-4-10(18)13(12)17/h2-6H,18H2,1H3. The van der Waals surface area contributed by atoms with Crippen molar-refractivity contribution in [3.05, 3.63) is 58.9 Å². The van der Waals surface area contributed by atoms with Gasteiger partial charge in [0.25, 0.3) is 0 Å². The SMILES string of the molecule is COc1ccc(F)cc1C(=O)c1c(F)ccc(N)c1F. The van der Waals surface area contributed by atoms with E-state index >= 15 is 0 Å². The summed E-state index contributed by atoms with van der Waals surface area (Å²) in [5, 5.41) is 0. The number of carbonyl (C=O) groups excluding carboxylic acids is 1. The largest absolute Gasteiger partial charge is 0.496 e. The van der Waals surface area contributed by atoms with Gasteiger partial charge in [-0.25, -0.2) is 13.2 Å². The van der Waals surface area contributed by atoms with E-state index in [4.69, 9.17) is 10.5 Å². The molecular weight excluding hydrogens is 271 g/mol. The predicted octanol–water partition coefficient (Wildman–Crippen LogP) is 2.93. The molecule has 3 nitrogen and oxygen atoms in total. The molecule has 0 saturated heterocycles. The van der Waals surface area contributed by atoms with Crippen molar-refractivity contribution in [2.45, 2.75) is 0 Å². The van der Waals surface area contributed by atoms with Gasteiger partial charge in [-0.1, -0.05) is 0 Å². The van der Waals surface area contributed by atoms with Crippen molar-refractivity contribution in [2.24, 2.45) is 0 Å². The fourth-order valence-electron chi connectivity index (χ4n) is 1.77. The minimum absolute atomic E-state index is 0.0117. The fraction of sp³-hybridized carbons (Fsp3) is 0.0714. The van der Waals surface area contributed by atoms with Crippen molar-refractivity contribution in [3.8, 4) is 5.75 Å². The Morgan fingerprint density at radius 3 is 2.50 bits per heavy atom. The molecule has 2 rings (SSSR count). The van der Waals surface area contributed by atoms with E-state index in [1.54, 1.807) is 0 Å². The lowest BCUT2D eigenvalue weighted by molar-refractivity contribution is 0.102. The quantitative estimate of drug-likeness (QED) is 0.695. The second-order valence-electron chi connectivity index (χ2n) is 4.00. The van der Waals surface area contributed by atoms with Crippen LogP contribution in [-0.4, -0.2) is 12.9 Å². The van der Waals surface area contributed by atoms with E-state index in [9.17, 15) is 18.0 Å². The number of benzene rings is 2. The molecule has 2 N–H and O–H groups in total. The summed E-state index contributed by atoms with van der Waals surface area (Å²) in [4.78, 5) is 12.2. The summed E-state index contributed by atoms with van der Waals surface area (Å²) in [6.45, 7) is 0. The predicted molar refractivity (Wildman–Crippen MR) is 67.2 cm³/mol. The van der Waals surface area contributed by atoms with Gasteiger partial charge in [0.05, 0.1) is 23.9 Å². The first kappa shape index (κ1) is 13.9. The van der Waals surface area contributed by atoms with Crippen LogP contribution >= 0.6 is 0 Å². The van der Waals surface area contributed by atoms with Gasteiger partial charge in [-0.3, -0.25) is 4.79 Å². The first-order valence-corrected chi connectivity index (χ1v) is 5.57. The molecule has 0 atom stereocenters. The average Bonchev–Trinajstić information content (AvgIpc) is 2.43. The number of ketones is 1. The molecule has 0 spiro atoms. The number of carbonyl (C=O) groups is 1. The molecule has 0 aromatic heterocycles. The lowest BCUT2D eigenvalue weighted by Crippen LogP contribution is -2.11. The number of anilines is 1. The Kier molecular flexibility index (Phi) is 3.65. The Labute approximate surface area is 112 Å². The van der Waals surface area contributed by atoms with Crippen molar-refractivity contribution in [1.29, 1.82) is 0 Å². The van der Waals surface area contributed by atoms with Crippen LogP contribution in [0.4, 0.5) is 18.9 Å². The van der Waals surface area contributed by atoms with Crippen molar-refractivity contribution in [2.75, 3.05) is 12.8 Å². The van der Waals surface area contributed by atoms with E-state index in [-0.39, 0.29) is 17.0 Å². The molecule has 0 radical (unpaired) electrons. The summed E-state index contributed by atoms with van der Waals surface area (Å²) in [7, 11) is 1.26. The molecule has 2 aromatic rings. The first-order valence-electron chi connectivity index (χ1n) is 5.57. The molecule has 2 aromatic carbocycles. The lowest BCUT2D eigenvalue weighted by Gasteiger charge is -2.10. The molecule has 0 aliphatic heterocycles. The van der Waals surface area contributed by atoms with E-state index in [1.807, 2.05) is 0 Å². The maximum absolute atomic E-state index is 13.8. The van der Waals surface area contributed by atoms with Gasteiger partial charge in [-0.05, 0) is 30.3 Å². The zero-order valence-electron chi connectivity index (χ0n) is 10.4. The number of halogens is 3. The zero-order chi connectivity index (χ0) is 14.9. The van der Waals surface area contributed by atoms with Gasteiger partial charge >= 0.3 is 0 Å². The summed E-state index contributed by atoms with van der Waals surface area (Å²) in [5.41, 5.74) is 3.82. The van der Waals surface area contributed by atoms with Crippen molar-refractivity contribution >= 4 is 11.5 Å². The molecule has 0 unspecified atom stereocenters. The van der Waals surface area contributed by atoms with E-state index < -0.39 is 28.8 Å². The van der Waals surface area contributed by atoms with E-state index in [0.717, 1.165) is 24.3 Å².